The van der Waals surface area contributed by atoms with Gasteiger partial charge in [0.15, 0.2) is 0 Å². The summed E-state index contributed by atoms with van der Waals surface area (Å²) in [6, 6.07) is 52.2. The Bertz CT molecular complexity index is 2460. The Balaban J connectivity index is 0.00000187. The van der Waals surface area contributed by atoms with Gasteiger partial charge in [-0.3, -0.25) is 0 Å². The Labute approximate surface area is 306 Å². The molecule has 4 N–H and O–H groups in total. The molecule has 4 aromatic carbocycles. The predicted molar refractivity (Wildman–Crippen MR) is 208 cm³/mol. The third-order valence-corrected chi connectivity index (χ3v) is 12.9. The molecule has 6 bridgehead atoms. The zero-order chi connectivity index (χ0) is 32.3. The van der Waals surface area contributed by atoms with E-state index in [-0.39, 0.29) is 11.0 Å². The van der Waals surface area contributed by atoms with Gasteiger partial charge in [-0.2, -0.15) is 0 Å². The van der Waals surface area contributed by atoms with E-state index in [0.717, 1.165) is 67.4 Å². The number of hydrogen-bond acceptors (Lipinski definition) is 2. The first-order valence-corrected chi connectivity index (χ1v) is 18.8. The summed E-state index contributed by atoms with van der Waals surface area (Å²) in [5.74, 6) is 0. The molecule has 7 heteroatoms. The summed E-state index contributed by atoms with van der Waals surface area (Å²) in [6.45, 7) is 0. The fourth-order valence-electron chi connectivity index (χ4n) is 7.31. The molecule has 0 unspecified atom stereocenters. The fourth-order valence-corrected chi connectivity index (χ4v) is 10.8. The number of rotatable bonds is 4. The number of hydrogen-bond donors (Lipinski definition) is 0. The summed E-state index contributed by atoms with van der Waals surface area (Å²) >= 11 is -1.43. The molecule has 2 aromatic heterocycles. The third-order valence-electron chi connectivity index (χ3n) is 9.47. The van der Waals surface area contributed by atoms with E-state index < -0.39 is 22.2 Å². The fraction of sp³-hybridized carbons (Fsp3) is 0. The van der Waals surface area contributed by atoms with Crippen LogP contribution < -0.4 is 10.7 Å². The first-order chi connectivity index (χ1) is 24.3. The van der Waals surface area contributed by atoms with Gasteiger partial charge in [-0.1, -0.05) is 0 Å². The second-order valence-electron chi connectivity index (χ2n) is 12.3. The van der Waals surface area contributed by atoms with E-state index in [1.54, 1.807) is 0 Å². The summed E-state index contributed by atoms with van der Waals surface area (Å²) in [4.78, 5) is 10.9. The number of aliphatic imine (C=N–C) groups is 2. The van der Waals surface area contributed by atoms with Crippen molar-refractivity contribution in [1.29, 1.82) is 0 Å². The average Bonchev–Trinajstić information content (AvgIpc) is 3.98. The number of allylic oxidation sites excluding steroid dienone is 4. The Morgan fingerprint density at radius 3 is 1.08 bits per heavy atom. The molecular formula is C44H32N4O2Sb. The summed E-state index contributed by atoms with van der Waals surface area (Å²) in [6.07, 6.45) is 8.80. The van der Waals surface area contributed by atoms with E-state index in [2.05, 4.69) is 175 Å². The van der Waals surface area contributed by atoms with Crippen molar-refractivity contribution in [2.24, 2.45) is 9.98 Å². The quantitative estimate of drug-likeness (QED) is 0.211. The van der Waals surface area contributed by atoms with Crippen LogP contribution in [0.4, 0.5) is 0 Å². The molecule has 0 atom stereocenters. The van der Waals surface area contributed by atoms with E-state index in [0.29, 0.717) is 0 Å². The van der Waals surface area contributed by atoms with Gasteiger partial charge < -0.3 is 11.0 Å². The van der Waals surface area contributed by atoms with Crippen molar-refractivity contribution in [3.63, 3.8) is 0 Å². The molecule has 6 aromatic rings. The molecule has 6 nitrogen and oxygen atoms in total. The largest absolute Gasteiger partial charge is 0.412 e. The van der Waals surface area contributed by atoms with Crippen molar-refractivity contribution in [2.45, 2.75) is 0 Å². The molecule has 10 rings (SSSR count). The molecule has 0 spiro atoms. The van der Waals surface area contributed by atoms with Crippen molar-refractivity contribution >= 4 is 55.9 Å². The minimum absolute atomic E-state index is 0. The van der Waals surface area contributed by atoms with E-state index in [4.69, 9.17) is 9.98 Å². The number of benzene rings is 4. The van der Waals surface area contributed by atoms with Gasteiger partial charge in [0.2, 0.25) is 0 Å². The van der Waals surface area contributed by atoms with E-state index in [9.17, 15) is 0 Å². The molecule has 4 aliphatic heterocycles. The van der Waals surface area contributed by atoms with E-state index in [1.807, 2.05) is 0 Å². The first kappa shape index (κ1) is 32.4. The summed E-state index contributed by atoms with van der Waals surface area (Å²) < 4.78 is 5.25. The average molecular weight is 771 g/mol. The van der Waals surface area contributed by atoms with Crippen LogP contribution in [0.3, 0.4) is 0 Å². The normalized spacial score (nSPS) is 15.3. The van der Waals surface area contributed by atoms with Gasteiger partial charge in [0.1, 0.15) is 0 Å². The topological polar surface area (TPSA) is 97.6 Å². The standard InChI is InChI=1S/C44H28N4.2H2O.Sb/c1-5-13-29(14-6-1)41-33-21-23-35(45-33)42(30-15-7-2-8-16-30)37-25-27-39(47-37)44(32-19-11-4-12-20-32)40-28-26-38(48-40)43(31-17-9-3-10-18-31)36-24-22-34(41)46-36;;;/h1-28H;2*1H2;/q-2;;;+2. The minimum Gasteiger partial charge on any atom is -0.412 e. The molecule has 4 aliphatic rings. The molecule has 0 amide bonds. The zero-order valence-electron chi connectivity index (χ0n) is 27.4. The van der Waals surface area contributed by atoms with E-state index >= 15 is 0 Å². The van der Waals surface area contributed by atoms with Crippen molar-refractivity contribution < 1.29 is 11.0 Å². The van der Waals surface area contributed by atoms with Crippen molar-refractivity contribution in [2.75, 3.05) is 0 Å². The van der Waals surface area contributed by atoms with Gasteiger partial charge in [0.05, 0.1) is 0 Å². The summed E-state index contributed by atoms with van der Waals surface area (Å²) in [5, 5.41) is 2.36. The maximum absolute atomic E-state index is 5.45. The van der Waals surface area contributed by atoms with E-state index in [1.165, 1.54) is 22.1 Å². The predicted octanol–water partition coefficient (Wildman–Crippen LogP) is 5.54. The van der Waals surface area contributed by atoms with Crippen molar-refractivity contribution in [1.82, 2.24) is 5.45 Å². The van der Waals surface area contributed by atoms with Gasteiger partial charge in [-0.05, 0) is 0 Å². The van der Waals surface area contributed by atoms with Crippen LogP contribution in [-0.4, -0.2) is 50.0 Å². The smallest absolute Gasteiger partial charge is 0.412 e. The number of fused-ring (bicyclic) bond motifs is 2. The van der Waals surface area contributed by atoms with Crippen LogP contribution in [0.25, 0.3) is 22.3 Å². The molecule has 0 saturated heterocycles. The van der Waals surface area contributed by atoms with Crippen LogP contribution in [0.15, 0.2) is 191 Å². The molecule has 6 heterocycles. The minimum atomic E-state index is -1.43. The summed E-state index contributed by atoms with van der Waals surface area (Å²) in [5.41, 5.74) is 15.5. The van der Waals surface area contributed by atoms with Gasteiger partial charge in [-0.25, -0.2) is 0 Å². The van der Waals surface area contributed by atoms with Crippen LogP contribution in [0, 0.1) is 0 Å². The molecule has 51 heavy (non-hydrogen) atoms. The van der Waals surface area contributed by atoms with Crippen LogP contribution in [0.2, 0.25) is 0 Å². The Morgan fingerprint density at radius 1 is 0.353 bits per heavy atom. The molecular weight excluding hydrogens is 738 g/mol. The second kappa shape index (κ2) is 13.2. The molecule has 0 saturated carbocycles. The van der Waals surface area contributed by atoms with Crippen LogP contribution in [0.5, 0.6) is 0 Å². The van der Waals surface area contributed by atoms with Crippen LogP contribution >= 0.6 is 0 Å². The maximum Gasteiger partial charge on any atom is -0.412 e. The first-order valence-electron chi connectivity index (χ1n) is 16.5. The van der Waals surface area contributed by atoms with Gasteiger partial charge >= 0.3 is 297 Å². The third kappa shape index (κ3) is 5.28. The van der Waals surface area contributed by atoms with Gasteiger partial charge in [-0.15, -0.1) is 0 Å². The summed E-state index contributed by atoms with van der Waals surface area (Å²) in [7, 11) is 0. The Kier molecular flexibility index (Phi) is 8.37. The molecule has 0 aliphatic carbocycles. The number of nitrogens with zero attached hydrogens (tertiary/aromatic N) is 4. The zero-order valence-corrected chi connectivity index (χ0v) is 30.0. The second-order valence-corrected chi connectivity index (χ2v) is 15.1. The van der Waals surface area contributed by atoms with Gasteiger partial charge in [0, 0.05) is 0 Å². The van der Waals surface area contributed by atoms with Crippen molar-refractivity contribution in [3.05, 3.63) is 226 Å². The maximum atomic E-state index is 5.45. The van der Waals surface area contributed by atoms with Crippen LogP contribution in [-0.2, 0) is 0 Å². The van der Waals surface area contributed by atoms with Crippen LogP contribution in [0.1, 0.15) is 33.6 Å². The monoisotopic (exact) mass is 769 g/mol. The number of aromatic nitrogens is 2. The van der Waals surface area contributed by atoms with Crippen molar-refractivity contribution in [3.8, 4) is 0 Å². The molecule has 245 valence electrons. The Morgan fingerprint density at radius 2 is 0.706 bits per heavy atom. The Hall–Kier alpha value is -5.78. The van der Waals surface area contributed by atoms with Gasteiger partial charge in [0.25, 0.3) is 0 Å². The molecule has 0 fully saturated rings. The molecule has 1 radical (unpaired) electrons. The SMILES string of the molecule is C1=CC2=C(c3ccccc3)c3ccc4[n]3[Sb][n]3c(ccc3=C(c3ccccc3)C3=NC(=C4c4ccccc4)C=C3)=C(c3ccccc3)C1=N2.O.O.